The number of carbonyl (C=O) groups is 2. The van der Waals surface area contributed by atoms with E-state index in [-0.39, 0.29) is 16.8 Å². The quantitative estimate of drug-likeness (QED) is 0.719. The number of halogens is 2. The first-order valence-corrected chi connectivity index (χ1v) is 9.80. The first kappa shape index (κ1) is 19.0. The molecule has 4 rings (SSSR count). The van der Waals surface area contributed by atoms with Gasteiger partial charge in [-0.25, -0.2) is 4.90 Å². The SMILES string of the molecule is CN1CCN(C2=C(c3ccccc3)C(=O)N(c3cccc(Cl)c3Cl)C2=O)CC1. The minimum atomic E-state index is -0.380. The number of nitrogens with zero attached hydrogens (tertiary/aromatic N) is 3. The van der Waals surface area contributed by atoms with E-state index in [1.54, 1.807) is 18.2 Å². The predicted octanol–water partition coefficient (Wildman–Crippen LogP) is 3.53. The van der Waals surface area contributed by atoms with Gasteiger partial charge in [-0.15, -0.1) is 0 Å². The Labute approximate surface area is 173 Å². The van der Waals surface area contributed by atoms with Crippen molar-refractivity contribution in [2.24, 2.45) is 0 Å². The zero-order chi connectivity index (χ0) is 19.8. The van der Waals surface area contributed by atoms with Gasteiger partial charge in [0.1, 0.15) is 5.70 Å². The fourth-order valence-corrected chi connectivity index (χ4v) is 3.97. The number of anilines is 1. The number of rotatable bonds is 3. The van der Waals surface area contributed by atoms with Crippen molar-refractivity contribution in [1.29, 1.82) is 0 Å². The summed E-state index contributed by atoms with van der Waals surface area (Å²) in [4.78, 5) is 32.2. The molecular formula is C21H19Cl2N3O2. The second kappa shape index (κ2) is 7.59. The third-order valence-electron chi connectivity index (χ3n) is 5.11. The second-order valence-corrected chi connectivity index (χ2v) is 7.68. The summed E-state index contributed by atoms with van der Waals surface area (Å²) in [7, 11) is 2.05. The highest BCUT2D eigenvalue weighted by atomic mass is 35.5. The van der Waals surface area contributed by atoms with E-state index < -0.39 is 0 Å². The number of piperazine rings is 1. The van der Waals surface area contributed by atoms with Crippen molar-refractivity contribution < 1.29 is 9.59 Å². The normalized spacial score (nSPS) is 18.4. The highest BCUT2D eigenvalue weighted by Crippen LogP contribution is 2.39. The van der Waals surface area contributed by atoms with E-state index in [1.807, 2.05) is 42.3 Å². The van der Waals surface area contributed by atoms with Crippen LogP contribution >= 0.6 is 23.2 Å². The van der Waals surface area contributed by atoms with Crippen LogP contribution < -0.4 is 4.90 Å². The van der Waals surface area contributed by atoms with Crippen molar-refractivity contribution in [1.82, 2.24) is 9.80 Å². The van der Waals surface area contributed by atoms with E-state index in [4.69, 9.17) is 23.2 Å². The maximum Gasteiger partial charge on any atom is 0.282 e. The lowest BCUT2D eigenvalue weighted by molar-refractivity contribution is -0.120. The Morgan fingerprint density at radius 3 is 2.18 bits per heavy atom. The van der Waals surface area contributed by atoms with Gasteiger partial charge in [-0.2, -0.15) is 0 Å². The van der Waals surface area contributed by atoms with Crippen LogP contribution in [0.4, 0.5) is 5.69 Å². The number of hydrogen-bond donors (Lipinski definition) is 0. The molecule has 144 valence electrons. The third-order valence-corrected chi connectivity index (χ3v) is 5.92. The van der Waals surface area contributed by atoms with Gasteiger partial charge in [-0.3, -0.25) is 9.59 Å². The molecule has 2 aliphatic rings. The van der Waals surface area contributed by atoms with Gasteiger partial charge in [0.25, 0.3) is 11.8 Å². The predicted molar refractivity (Wildman–Crippen MR) is 111 cm³/mol. The maximum absolute atomic E-state index is 13.4. The molecule has 2 aliphatic heterocycles. The van der Waals surface area contributed by atoms with Crippen LogP contribution in [0.3, 0.4) is 0 Å². The van der Waals surface area contributed by atoms with Crippen molar-refractivity contribution in [2.45, 2.75) is 0 Å². The molecule has 2 aromatic carbocycles. The van der Waals surface area contributed by atoms with Gasteiger partial charge < -0.3 is 9.80 Å². The molecule has 2 heterocycles. The molecule has 1 saturated heterocycles. The smallest absolute Gasteiger partial charge is 0.282 e. The molecular weight excluding hydrogens is 397 g/mol. The van der Waals surface area contributed by atoms with Gasteiger partial charge in [0.15, 0.2) is 0 Å². The number of amides is 2. The second-order valence-electron chi connectivity index (χ2n) is 6.90. The summed E-state index contributed by atoms with van der Waals surface area (Å²) in [5, 5.41) is 0.493. The first-order valence-electron chi connectivity index (χ1n) is 9.05. The van der Waals surface area contributed by atoms with Crippen LogP contribution in [0.5, 0.6) is 0 Å². The van der Waals surface area contributed by atoms with E-state index >= 15 is 0 Å². The fourth-order valence-electron chi connectivity index (χ4n) is 3.59. The van der Waals surface area contributed by atoms with Crippen molar-refractivity contribution in [3.8, 4) is 0 Å². The van der Waals surface area contributed by atoms with E-state index in [1.165, 1.54) is 0 Å². The first-order chi connectivity index (χ1) is 13.5. The highest BCUT2D eigenvalue weighted by molar-refractivity contribution is 6.49. The Morgan fingerprint density at radius 1 is 0.821 bits per heavy atom. The van der Waals surface area contributed by atoms with Crippen molar-refractivity contribution in [2.75, 3.05) is 38.1 Å². The van der Waals surface area contributed by atoms with E-state index in [0.717, 1.165) is 23.6 Å². The number of carbonyl (C=O) groups excluding carboxylic acids is 2. The molecule has 2 aromatic rings. The Bertz CT molecular complexity index is 967. The lowest BCUT2D eigenvalue weighted by Gasteiger charge is -2.34. The molecule has 0 unspecified atom stereocenters. The van der Waals surface area contributed by atoms with Gasteiger partial charge in [-0.1, -0.05) is 59.6 Å². The summed E-state index contributed by atoms with van der Waals surface area (Å²) in [6, 6.07) is 14.2. The topological polar surface area (TPSA) is 43.9 Å². The average molecular weight is 416 g/mol. The van der Waals surface area contributed by atoms with Gasteiger partial charge >= 0.3 is 0 Å². The molecule has 0 spiro atoms. The number of hydrogen-bond acceptors (Lipinski definition) is 4. The van der Waals surface area contributed by atoms with Gasteiger partial charge in [0.05, 0.1) is 21.3 Å². The molecule has 2 amide bonds. The van der Waals surface area contributed by atoms with Crippen LogP contribution in [-0.2, 0) is 9.59 Å². The Hall–Kier alpha value is -2.34. The summed E-state index contributed by atoms with van der Waals surface area (Å²) in [6.07, 6.45) is 0. The Balaban J connectivity index is 1.83. The molecule has 0 N–H and O–H groups in total. The molecule has 1 fully saturated rings. The van der Waals surface area contributed by atoms with Crippen molar-refractivity contribution in [3.63, 3.8) is 0 Å². The lowest BCUT2D eigenvalue weighted by Crippen LogP contribution is -2.46. The van der Waals surface area contributed by atoms with Gasteiger partial charge in [0, 0.05) is 26.2 Å². The third kappa shape index (κ3) is 3.20. The van der Waals surface area contributed by atoms with Crippen molar-refractivity contribution in [3.05, 3.63) is 69.8 Å². The highest BCUT2D eigenvalue weighted by Gasteiger charge is 2.43. The molecule has 0 aliphatic carbocycles. The van der Waals surface area contributed by atoms with Gasteiger partial charge in [0.2, 0.25) is 0 Å². The van der Waals surface area contributed by atoms with Crippen LogP contribution in [-0.4, -0.2) is 54.8 Å². The summed E-state index contributed by atoms with van der Waals surface area (Å²) in [5.41, 5.74) is 1.86. The molecule has 0 aromatic heterocycles. The molecule has 0 bridgehead atoms. The number of likely N-dealkylation sites (N-methyl/N-ethyl adjacent to an activating group) is 1. The van der Waals surface area contributed by atoms with Crippen molar-refractivity contribution >= 4 is 46.3 Å². The zero-order valence-electron chi connectivity index (χ0n) is 15.4. The fraction of sp³-hybridized carbons (Fsp3) is 0.238. The molecule has 7 heteroatoms. The zero-order valence-corrected chi connectivity index (χ0v) is 16.9. The van der Waals surface area contributed by atoms with Crippen LogP contribution in [0.2, 0.25) is 10.0 Å². The Kier molecular flexibility index (Phi) is 5.15. The molecule has 28 heavy (non-hydrogen) atoms. The summed E-state index contributed by atoms with van der Waals surface area (Å²) >= 11 is 12.5. The molecule has 0 saturated carbocycles. The standard InChI is InChI=1S/C21H19Cl2N3O2/c1-24-10-12-25(13-11-24)19-17(14-6-3-2-4-7-14)20(27)26(21(19)28)16-9-5-8-15(22)18(16)23/h2-9H,10-13H2,1H3. The summed E-state index contributed by atoms with van der Waals surface area (Å²) < 4.78 is 0. The number of imide groups is 1. The lowest BCUT2D eigenvalue weighted by atomic mass is 10.0. The largest absolute Gasteiger partial charge is 0.364 e. The molecule has 0 radical (unpaired) electrons. The van der Waals surface area contributed by atoms with Crippen LogP contribution in [0.1, 0.15) is 5.56 Å². The summed E-state index contributed by atoms with van der Waals surface area (Å²) in [5.74, 6) is -0.744. The maximum atomic E-state index is 13.4. The Morgan fingerprint density at radius 2 is 1.50 bits per heavy atom. The van der Waals surface area contributed by atoms with E-state index in [9.17, 15) is 9.59 Å². The van der Waals surface area contributed by atoms with Gasteiger partial charge in [-0.05, 0) is 24.7 Å². The minimum Gasteiger partial charge on any atom is -0.364 e. The van der Waals surface area contributed by atoms with Crippen LogP contribution in [0, 0.1) is 0 Å². The molecule has 5 nitrogen and oxygen atoms in total. The number of benzene rings is 2. The summed E-state index contributed by atoms with van der Waals surface area (Å²) in [6.45, 7) is 3.01. The van der Waals surface area contributed by atoms with Crippen LogP contribution in [0.25, 0.3) is 5.57 Å². The minimum absolute atomic E-state index is 0.193. The van der Waals surface area contributed by atoms with Crippen LogP contribution in [0.15, 0.2) is 54.2 Å². The average Bonchev–Trinajstić information content (AvgIpc) is 2.96. The van der Waals surface area contributed by atoms with E-state index in [2.05, 4.69) is 4.90 Å². The monoisotopic (exact) mass is 415 g/mol. The van der Waals surface area contributed by atoms with E-state index in [0.29, 0.717) is 35.1 Å². The molecule has 0 atom stereocenters.